The zero-order chi connectivity index (χ0) is 21.1. The van der Waals surface area contributed by atoms with Crippen molar-refractivity contribution in [3.63, 3.8) is 0 Å². The van der Waals surface area contributed by atoms with E-state index >= 15 is 0 Å². The highest BCUT2D eigenvalue weighted by molar-refractivity contribution is 7.90. The number of carbonyl (C=O) groups excluding carboxylic acids is 1. The molecular weight excluding hydrogens is 414 g/mol. The van der Waals surface area contributed by atoms with Gasteiger partial charge in [-0.3, -0.25) is 14.6 Å². The number of carbonyl (C=O) groups is 1. The molecule has 0 spiro atoms. The number of sulfone groups is 1. The molecule has 28 heavy (non-hydrogen) atoms. The summed E-state index contributed by atoms with van der Waals surface area (Å²) in [6, 6.07) is 7.80. The van der Waals surface area contributed by atoms with Crippen molar-refractivity contribution in [2.24, 2.45) is 0 Å². The van der Waals surface area contributed by atoms with Gasteiger partial charge in [0.2, 0.25) is 0 Å². The van der Waals surface area contributed by atoms with E-state index in [9.17, 15) is 22.2 Å². The van der Waals surface area contributed by atoms with Gasteiger partial charge in [-0.05, 0) is 42.3 Å². The summed E-state index contributed by atoms with van der Waals surface area (Å²) in [7, 11) is -8.39. The van der Waals surface area contributed by atoms with Crippen LogP contribution in [0, 0.1) is 12.7 Å². The number of hydrogen-bond donors (Lipinski definition) is 2. The summed E-state index contributed by atoms with van der Waals surface area (Å²) in [6.07, 6.45) is 0.728. The molecule has 0 unspecified atom stereocenters. The Labute approximate surface area is 161 Å². The van der Waals surface area contributed by atoms with Gasteiger partial charge >= 0.3 is 13.8 Å². The van der Waals surface area contributed by atoms with Crippen LogP contribution < -0.4 is 4.52 Å². The molecule has 0 aliphatic rings. The van der Waals surface area contributed by atoms with Gasteiger partial charge in [0.1, 0.15) is 18.2 Å². The van der Waals surface area contributed by atoms with Crippen LogP contribution in [0.2, 0.25) is 0 Å². The SMILES string of the molecule is Cc1cc(F)c(COC(=O)Cc2ccc(OP(=O)(O)O)cc2)c(S(C)(=O)=O)c1. The van der Waals surface area contributed by atoms with Crippen LogP contribution in [0.4, 0.5) is 4.39 Å². The van der Waals surface area contributed by atoms with Crippen LogP contribution in [-0.4, -0.2) is 30.4 Å². The highest BCUT2D eigenvalue weighted by atomic mass is 32.2. The number of aryl methyl sites for hydroxylation is 1. The topological polar surface area (TPSA) is 127 Å². The monoisotopic (exact) mass is 432 g/mol. The number of esters is 1. The Hall–Kier alpha value is -2.26. The molecule has 0 saturated carbocycles. The van der Waals surface area contributed by atoms with Gasteiger partial charge in [-0.25, -0.2) is 17.4 Å². The number of hydrogen-bond acceptors (Lipinski definition) is 6. The quantitative estimate of drug-likeness (QED) is 0.504. The summed E-state index contributed by atoms with van der Waals surface area (Å²) >= 11 is 0. The number of halogens is 1. The average molecular weight is 432 g/mol. The van der Waals surface area contributed by atoms with E-state index in [1.54, 1.807) is 6.92 Å². The maximum Gasteiger partial charge on any atom is 0.524 e. The molecule has 2 N–H and O–H groups in total. The van der Waals surface area contributed by atoms with Crippen LogP contribution in [0.15, 0.2) is 41.3 Å². The minimum absolute atomic E-state index is 0.0787. The second-order valence-electron chi connectivity index (χ2n) is 6.06. The third kappa shape index (κ3) is 6.42. The van der Waals surface area contributed by atoms with Gasteiger partial charge in [-0.15, -0.1) is 0 Å². The van der Waals surface area contributed by atoms with E-state index in [-0.39, 0.29) is 22.6 Å². The molecule has 11 heteroatoms. The van der Waals surface area contributed by atoms with Gasteiger partial charge in [-0.2, -0.15) is 0 Å². The third-order valence-corrected chi connectivity index (χ3v) is 5.18. The molecular formula is C17H18FO8PS. The fourth-order valence-corrected chi connectivity index (χ4v) is 3.79. The molecule has 0 fully saturated rings. The number of ether oxygens (including phenoxy) is 1. The number of rotatable bonds is 7. The molecule has 2 rings (SSSR count). The number of benzene rings is 2. The molecule has 0 aromatic heterocycles. The van der Waals surface area contributed by atoms with Crippen LogP contribution in [0.1, 0.15) is 16.7 Å². The van der Waals surface area contributed by atoms with Gasteiger partial charge < -0.3 is 9.26 Å². The minimum atomic E-state index is -4.68. The normalized spacial score (nSPS) is 11.9. The summed E-state index contributed by atoms with van der Waals surface area (Å²) in [5, 5.41) is 0. The summed E-state index contributed by atoms with van der Waals surface area (Å²) in [6.45, 7) is 1.00. The first-order chi connectivity index (χ1) is 12.8. The average Bonchev–Trinajstić information content (AvgIpc) is 2.53. The first-order valence-corrected chi connectivity index (χ1v) is 11.3. The lowest BCUT2D eigenvalue weighted by Gasteiger charge is -2.12. The molecule has 0 heterocycles. The summed E-state index contributed by atoms with van der Waals surface area (Å²) in [5.41, 5.74) is 0.647. The molecule has 2 aromatic carbocycles. The van der Waals surface area contributed by atoms with E-state index < -0.39 is 36.1 Å². The molecule has 2 aromatic rings. The molecule has 0 atom stereocenters. The Balaban J connectivity index is 2.06. The zero-order valence-corrected chi connectivity index (χ0v) is 16.7. The lowest BCUT2D eigenvalue weighted by Crippen LogP contribution is -2.12. The van der Waals surface area contributed by atoms with Crippen LogP contribution in [0.5, 0.6) is 5.75 Å². The highest BCUT2D eigenvalue weighted by Crippen LogP contribution is 2.37. The predicted octanol–water partition coefficient (Wildman–Crippen LogP) is 2.30. The Morgan fingerprint density at radius 2 is 1.79 bits per heavy atom. The number of phosphoric acid groups is 1. The maximum atomic E-state index is 14.2. The van der Waals surface area contributed by atoms with Crippen molar-refractivity contribution in [2.45, 2.75) is 24.8 Å². The van der Waals surface area contributed by atoms with Crippen LogP contribution in [-0.2, 0) is 37.0 Å². The Morgan fingerprint density at radius 1 is 1.18 bits per heavy atom. The molecule has 0 aliphatic carbocycles. The van der Waals surface area contributed by atoms with Gasteiger partial charge in [0.05, 0.1) is 11.3 Å². The molecule has 152 valence electrons. The fourth-order valence-electron chi connectivity index (χ4n) is 2.39. The van der Waals surface area contributed by atoms with Gasteiger partial charge in [0, 0.05) is 11.8 Å². The standard InChI is InChI=1S/C17H18FO8PS/c1-11-7-15(18)14(16(8-11)28(2,23)24)10-25-17(19)9-12-3-5-13(6-4-12)26-27(20,21)22/h3-8H,9-10H2,1-2H3,(H2,20,21,22). The van der Waals surface area contributed by atoms with E-state index in [0.29, 0.717) is 11.1 Å². The van der Waals surface area contributed by atoms with Crippen molar-refractivity contribution in [3.8, 4) is 5.75 Å². The third-order valence-electron chi connectivity index (χ3n) is 3.57. The second kappa shape index (κ2) is 8.40. The van der Waals surface area contributed by atoms with E-state index in [0.717, 1.165) is 12.3 Å². The van der Waals surface area contributed by atoms with Crippen LogP contribution in [0.25, 0.3) is 0 Å². The van der Waals surface area contributed by atoms with Crippen molar-refractivity contribution in [2.75, 3.05) is 6.26 Å². The molecule has 0 saturated heterocycles. The molecule has 0 aliphatic heterocycles. The molecule has 0 radical (unpaired) electrons. The largest absolute Gasteiger partial charge is 0.524 e. The first-order valence-electron chi connectivity index (χ1n) is 7.84. The molecule has 0 amide bonds. The lowest BCUT2D eigenvalue weighted by molar-refractivity contribution is -0.144. The smallest absolute Gasteiger partial charge is 0.460 e. The van der Waals surface area contributed by atoms with Crippen LogP contribution in [0.3, 0.4) is 0 Å². The zero-order valence-electron chi connectivity index (χ0n) is 15.0. The Kier molecular flexibility index (Phi) is 6.61. The molecule has 8 nitrogen and oxygen atoms in total. The summed E-state index contributed by atoms with van der Waals surface area (Å²) in [5.74, 6) is -1.60. The summed E-state index contributed by atoms with van der Waals surface area (Å²) in [4.78, 5) is 29.2. The first kappa shape index (κ1) is 22.0. The highest BCUT2D eigenvalue weighted by Gasteiger charge is 2.20. The molecule has 0 bridgehead atoms. The number of phosphoric ester groups is 1. The predicted molar refractivity (Wildman–Crippen MR) is 96.9 cm³/mol. The van der Waals surface area contributed by atoms with Crippen molar-refractivity contribution in [1.29, 1.82) is 0 Å². The van der Waals surface area contributed by atoms with Gasteiger partial charge in [0.15, 0.2) is 9.84 Å². The van der Waals surface area contributed by atoms with Crippen molar-refractivity contribution in [1.82, 2.24) is 0 Å². The van der Waals surface area contributed by atoms with Gasteiger partial charge in [-0.1, -0.05) is 12.1 Å². The Bertz CT molecular complexity index is 1030. The van der Waals surface area contributed by atoms with Gasteiger partial charge in [0.25, 0.3) is 0 Å². The second-order valence-corrected chi connectivity index (χ2v) is 9.21. The minimum Gasteiger partial charge on any atom is -0.460 e. The van der Waals surface area contributed by atoms with E-state index in [1.165, 1.54) is 30.3 Å². The van der Waals surface area contributed by atoms with E-state index in [4.69, 9.17) is 14.5 Å². The maximum absolute atomic E-state index is 14.2. The fraction of sp³-hybridized carbons (Fsp3) is 0.235. The van der Waals surface area contributed by atoms with E-state index in [2.05, 4.69) is 4.52 Å². The van der Waals surface area contributed by atoms with Crippen molar-refractivity contribution in [3.05, 3.63) is 58.9 Å². The Morgan fingerprint density at radius 3 is 2.32 bits per heavy atom. The summed E-state index contributed by atoms with van der Waals surface area (Å²) < 4.78 is 58.0. The van der Waals surface area contributed by atoms with E-state index in [1.807, 2.05) is 0 Å². The van der Waals surface area contributed by atoms with Crippen molar-refractivity contribution < 1.29 is 41.2 Å². The van der Waals surface area contributed by atoms with Crippen molar-refractivity contribution >= 4 is 23.6 Å². The lowest BCUT2D eigenvalue weighted by atomic mass is 10.1. The van der Waals surface area contributed by atoms with Crippen LogP contribution >= 0.6 is 7.82 Å².